The van der Waals surface area contributed by atoms with Gasteiger partial charge in [0.15, 0.2) is 0 Å². The van der Waals surface area contributed by atoms with Crippen molar-refractivity contribution in [1.29, 1.82) is 5.26 Å². The molecule has 0 saturated heterocycles. The van der Waals surface area contributed by atoms with Crippen molar-refractivity contribution in [2.75, 3.05) is 4.90 Å². The number of hydrogen-bond donors (Lipinski definition) is 0. The van der Waals surface area contributed by atoms with E-state index in [0.29, 0.717) is 23.4 Å². The predicted octanol–water partition coefficient (Wildman–Crippen LogP) is 6.07. The number of fused-ring (bicyclic) bond motifs is 5. The molecule has 4 heteroatoms. The van der Waals surface area contributed by atoms with E-state index in [4.69, 9.17) is 10.00 Å². The largest absolute Gasteiger partial charge is 0.487 e. The van der Waals surface area contributed by atoms with Crippen molar-refractivity contribution in [2.24, 2.45) is 17.8 Å². The number of pyridine rings is 1. The second-order valence-electron chi connectivity index (χ2n) is 9.84. The summed E-state index contributed by atoms with van der Waals surface area (Å²) in [5.74, 6) is 2.35. The van der Waals surface area contributed by atoms with Crippen molar-refractivity contribution in [3.63, 3.8) is 0 Å². The fourth-order valence-electron chi connectivity index (χ4n) is 6.45. The maximum Gasteiger partial charge on any atom is 0.140 e. The molecule has 0 radical (unpaired) electrons. The first-order valence-electron chi connectivity index (χ1n) is 12.2. The summed E-state index contributed by atoms with van der Waals surface area (Å²) in [5, 5.41) is 9.11. The fourth-order valence-corrected chi connectivity index (χ4v) is 6.45. The molecule has 3 heterocycles. The number of hydrogen-bond acceptors (Lipinski definition) is 4. The molecule has 5 atom stereocenters. The summed E-state index contributed by atoms with van der Waals surface area (Å²) in [6.07, 6.45) is 17.7. The molecule has 0 fully saturated rings. The Hall–Kier alpha value is -3.84. The van der Waals surface area contributed by atoms with Gasteiger partial charge in [-0.3, -0.25) is 0 Å². The lowest BCUT2D eigenvalue weighted by molar-refractivity contribution is 0.148. The van der Waals surface area contributed by atoms with Crippen molar-refractivity contribution in [3.05, 3.63) is 107 Å². The van der Waals surface area contributed by atoms with Crippen LogP contribution in [0.4, 0.5) is 5.69 Å². The first-order valence-corrected chi connectivity index (χ1v) is 12.2. The van der Waals surface area contributed by atoms with Crippen LogP contribution in [-0.2, 0) is 4.74 Å². The zero-order valence-corrected chi connectivity index (χ0v) is 19.1. The van der Waals surface area contributed by atoms with E-state index in [1.54, 1.807) is 17.8 Å². The van der Waals surface area contributed by atoms with Crippen LogP contribution in [-0.4, -0.2) is 17.1 Å². The number of rotatable bonds is 2. The van der Waals surface area contributed by atoms with Crippen molar-refractivity contribution >= 4 is 5.69 Å². The summed E-state index contributed by atoms with van der Waals surface area (Å²) in [5.41, 5.74) is 8.15. The Kier molecular flexibility index (Phi) is 4.23. The standard InChI is InChI=1S/C30H25N3O/c1-18-9-12-24-25-13-14-26-23-7-2-3-8-27(23)34-30(26)29(25)33(28(18)24)22-6-4-5-19(15-22)20-10-11-21(16-31)32-17-20/h2-8,10-11,13-15,17-18,23,25,27,29H,9,12H2,1H3. The lowest BCUT2D eigenvalue weighted by Gasteiger charge is -2.36. The van der Waals surface area contributed by atoms with Gasteiger partial charge in [0, 0.05) is 40.6 Å². The van der Waals surface area contributed by atoms with Crippen LogP contribution >= 0.6 is 0 Å². The second-order valence-corrected chi connectivity index (χ2v) is 9.84. The van der Waals surface area contributed by atoms with Crippen LogP contribution in [0.1, 0.15) is 25.5 Å². The summed E-state index contributed by atoms with van der Waals surface area (Å²) in [6.45, 7) is 2.36. The lowest BCUT2D eigenvalue weighted by atomic mass is 9.82. The minimum absolute atomic E-state index is 0.101. The van der Waals surface area contributed by atoms with Gasteiger partial charge < -0.3 is 9.64 Å². The van der Waals surface area contributed by atoms with Crippen LogP contribution in [0.25, 0.3) is 11.1 Å². The summed E-state index contributed by atoms with van der Waals surface area (Å²) >= 11 is 0. The molecule has 0 saturated carbocycles. The van der Waals surface area contributed by atoms with Gasteiger partial charge in [-0.05, 0) is 60.2 Å². The second kappa shape index (κ2) is 7.33. The molecule has 0 bridgehead atoms. The zero-order chi connectivity index (χ0) is 22.8. The van der Waals surface area contributed by atoms with Crippen LogP contribution in [0.3, 0.4) is 0 Å². The molecule has 2 aliphatic heterocycles. The summed E-state index contributed by atoms with van der Waals surface area (Å²) in [6, 6.07) is 14.8. The fraction of sp³-hybridized carbons (Fsp3) is 0.267. The SMILES string of the molecule is CC1CCC2=C1N(c1cccc(-c3ccc(C#N)nc3)c1)C1C3=C(C=CC21)C1C=CC=CC1O3. The predicted molar refractivity (Wildman–Crippen MR) is 132 cm³/mol. The molecule has 7 rings (SSSR count). The number of nitrogens with zero attached hydrogens (tertiary/aromatic N) is 3. The average Bonchev–Trinajstić information content (AvgIpc) is 3.55. The van der Waals surface area contributed by atoms with Gasteiger partial charge in [0.1, 0.15) is 29.7 Å². The summed E-state index contributed by atoms with van der Waals surface area (Å²) in [4.78, 5) is 6.85. The maximum absolute atomic E-state index is 9.11. The summed E-state index contributed by atoms with van der Waals surface area (Å²) in [7, 11) is 0. The molecule has 166 valence electrons. The quantitative estimate of drug-likeness (QED) is 0.565. The van der Waals surface area contributed by atoms with E-state index in [0.717, 1.165) is 23.3 Å². The van der Waals surface area contributed by atoms with Crippen LogP contribution < -0.4 is 4.90 Å². The highest BCUT2D eigenvalue weighted by atomic mass is 16.5. The maximum atomic E-state index is 9.11. The van der Waals surface area contributed by atoms with Crippen LogP contribution in [0.5, 0.6) is 0 Å². The van der Waals surface area contributed by atoms with Gasteiger partial charge in [0.05, 0.1) is 0 Å². The Balaban J connectivity index is 1.33. The number of anilines is 1. The van der Waals surface area contributed by atoms with Gasteiger partial charge >= 0.3 is 0 Å². The topological polar surface area (TPSA) is 49.2 Å². The molecule has 2 aromatic rings. The first-order chi connectivity index (χ1) is 16.7. The molecule has 5 aliphatic rings. The van der Waals surface area contributed by atoms with Crippen molar-refractivity contribution in [3.8, 4) is 17.2 Å². The van der Waals surface area contributed by atoms with E-state index in [9.17, 15) is 0 Å². The number of benzene rings is 1. The molecule has 1 aromatic carbocycles. The minimum Gasteiger partial charge on any atom is -0.487 e. The number of nitriles is 1. The van der Waals surface area contributed by atoms with Gasteiger partial charge in [-0.2, -0.15) is 5.26 Å². The van der Waals surface area contributed by atoms with Crippen molar-refractivity contribution in [1.82, 2.24) is 4.98 Å². The molecule has 0 N–H and O–H groups in total. The normalized spacial score (nSPS) is 30.1. The smallest absolute Gasteiger partial charge is 0.140 e. The van der Waals surface area contributed by atoms with E-state index in [1.807, 2.05) is 6.07 Å². The van der Waals surface area contributed by atoms with E-state index in [1.165, 1.54) is 23.4 Å². The Morgan fingerprint density at radius 2 is 1.97 bits per heavy atom. The Morgan fingerprint density at radius 3 is 2.82 bits per heavy atom. The Bertz CT molecular complexity index is 1380. The molecular weight excluding hydrogens is 418 g/mol. The molecule has 1 aromatic heterocycles. The van der Waals surface area contributed by atoms with Crippen LogP contribution in [0.15, 0.2) is 102 Å². The number of allylic oxidation sites excluding steroid dienone is 4. The monoisotopic (exact) mass is 443 g/mol. The highest BCUT2D eigenvalue weighted by Crippen LogP contribution is 2.55. The zero-order valence-electron chi connectivity index (χ0n) is 19.1. The molecule has 0 spiro atoms. The third-order valence-electron chi connectivity index (χ3n) is 8.00. The average molecular weight is 444 g/mol. The van der Waals surface area contributed by atoms with Gasteiger partial charge in [-0.15, -0.1) is 0 Å². The molecule has 3 aliphatic carbocycles. The van der Waals surface area contributed by atoms with Gasteiger partial charge in [0.25, 0.3) is 0 Å². The third-order valence-corrected chi connectivity index (χ3v) is 8.00. The van der Waals surface area contributed by atoms with E-state index in [2.05, 4.69) is 83.6 Å². The summed E-state index contributed by atoms with van der Waals surface area (Å²) < 4.78 is 6.66. The molecule has 34 heavy (non-hydrogen) atoms. The van der Waals surface area contributed by atoms with E-state index < -0.39 is 0 Å². The molecule has 5 unspecified atom stereocenters. The van der Waals surface area contributed by atoms with Crippen molar-refractivity contribution < 1.29 is 4.74 Å². The van der Waals surface area contributed by atoms with Crippen molar-refractivity contribution in [2.45, 2.75) is 31.9 Å². The highest BCUT2D eigenvalue weighted by Gasteiger charge is 2.51. The minimum atomic E-state index is 0.101. The number of aromatic nitrogens is 1. The van der Waals surface area contributed by atoms with E-state index >= 15 is 0 Å². The molecule has 4 nitrogen and oxygen atoms in total. The Morgan fingerprint density at radius 1 is 1.06 bits per heavy atom. The third kappa shape index (κ3) is 2.73. The van der Waals surface area contributed by atoms with Gasteiger partial charge in [-0.25, -0.2) is 4.98 Å². The van der Waals surface area contributed by atoms with Crippen LogP contribution in [0, 0.1) is 29.1 Å². The molecular formula is C30H25N3O. The van der Waals surface area contributed by atoms with Gasteiger partial charge in [-0.1, -0.05) is 49.4 Å². The Labute approximate surface area is 199 Å². The highest BCUT2D eigenvalue weighted by molar-refractivity contribution is 5.72. The lowest BCUT2D eigenvalue weighted by Crippen LogP contribution is -2.39. The first kappa shape index (κ1) is 19.6. The van der Waals surface area contributed by atoms with Gasteiger partial charge in [0.2, 0.25) is 0 Å². The molecule has 0 amide bonds. The number of ether oxygens (including phenoxy) is 1. The van der Waals surface area contributed by atoms with Crippen LogP contribution in [0.2, 0.25) is 0 Å². The van der Waals surface area contributed by atoms with E-state index in [-0.39, 0.29) is 12.1 Å².